The molecule has 0 bridgehead atoms. The Hall–Kier alpha value is -0.870. The van der Waals surface area contributed by atoms with E-state index >= 15 is 0 Å². The Kier molecular flexibility index (Phi) is 4.99. The van der Waals surface area contributed by atoms with Gasteiger partial charge in [0.05, 0.1) is 11.4 Å². The van der Waals surface area contributed by atoms with Crippen LogP contribution in [0.15, 0.2) is 6.07 Å². The molecule has 0 radical (unpaired) electrons. The first-order valence-electron chi connectivity index (χ1n) is 7.50. The molecule has 1 fully saturated rings. The first kappa shape index (κ1) is 14.5. The fourth-order valence-corrected chi connectivity index (χ4v) is 2.91. The summed E-state index contributed by atoms with van der Waals surface area (Å²) in [6.45, 7) is 11.1. The molecule has 0 aromatic carbocycles. The molecule has 4 heteroatoms. The van der Waals surface area contributed by atoms with Gasteiger partial charge in [-0.05, 0) is 44.8 Å². The molecule has 0 aliphatic carbocycles. The Bertz CT molecular complexity index is 397. The van der Waals surface area contributed by atoms with Gasteiger partial charge in [0.15, 0.2) is 0 Å². The summed E-state index contributed by atoms with van der Waals surface area (Å²) >= 11 is 0. The van der Waals surface area contributed by atoms with E-state index in [0.29, 0.717) is 6.04 Å². The second-order valence-electron chi connectivity index (χ2n) is 6.21. The van der Waals surface area contributed by atoms with Gasteiger partial charge in [0.2, 0.25) is 0 Å². The van der Waals surface area contributed by atoms with Crippen LogP contribution in [0.25, 0.3) is 0 Å². The third-order valence-electron chi connectivity index (χ3n) is 3.90. The van der Waals surface area contributed by atoms with Crippen molar-refractivity contribution in [1.82, 2.24) is 20.0 Å². The molecule has 1 aromatic rings. The standard InChI is InChI=1S/C15H28N4/c1-12(2)16-9-14-6-5-7-19(10-14)11-15-8-13(3)17-18(15)4/h8,12,14,16H,5-7,9-11H2,1-4H3. The summed E-state index contributed by atoms with van der Waals surface area (Å²) in [5.74, 6) is 0.797. The van der Waals surface area contributed by atoms with Crippen molar-refractivity contribution in [1.29, 1.82) is 0 Å². The maximum Gasteiger partial charge on any atom is 0.0597 e. The summed E-state index contributed by atoms with van der Waals surface area (Å²) in [6.07, 6.45) is 2.68. The molecule has 0 spiro atoms. The number of hydrogen-bond donors (Lipinski definition) is 1. The van der Waals surface area contributed by atoms with Crippen LogP contribution in [0.4, 0.5) is 0 Å². The van der Waals surface area contributed by atoms with Crippen LogP contribution in [-0.4, -0.2) is 40.4 Å². The highest BCUT2D eigenvalue weighted by Gasteiger charge is 2.20. The SMILES string of the molecule is Cc1cc(CN2CCCC(CNC(C)C)C2)n(C)n1. The number of nitrogens with one attached hydrogen (secondary N) is 1. The summed E-state index contributed by atoms with van der Waals surface area (Å²) in [7, 11) is 2.05. The molecule has 1 aliphatic heterocycles. The molecule has 0 saturated carbocycles. The molecule has 1 atom stereocenters. The topological polar surface area (TPSA) is 33.1 Å². The lowest BCUT2D eigenvalue weighted by molar-refractivity contribution is 0.160. The fraction of sp³-hybridized carbons (Fsp3) is 0.800. The molecule has 1 aromatic heterocycles. The highest BCUT2D eigenvalue weighted by molar-refractivity contribution is 5.08. The van der Waals surface area contributed by atoms with Crippen molar-refractivity contribution in [3.8, 4) is 0 Å². The Morgan fingerprint density at radius 1 is 1.47 bits per heavy atom. The highest BCUT2D eigenvalue weighted by Crippen LogP contribution is 2.18. The fourth-order valence-electron chi connectivity index (χ4n) is 2.91. The van der Waals surface area contributed by atoms with Gasteiger partial charge in [-0.3, -0.25) is 9.58 Å². The van der Waals surface area contributed by atoms with E-state index in [9.17, 15) is 0 Å². The number of nitrogens with zero attached hydrogens (tertiary/aromatic N) is 3. The average molecular weight is 264 g/mol. The van der Waals surface area contributed by atoms with Gasteiger partial charge in [-0.15, -0.1) is 0 Å². The number of hydrogen-bond acceptors (Lipinski definition) is 3. The first-order chi connectivity index (χ1) is 9.04. The van der Waals surface area contributed by atoms with Gasteiger partial charge in [0.1, 0.15) is 0 Å². The first-order valence-corrected chi connectivity index (χ1v) is 7.50. The van der Waals surface area contributed by atoms with Crippen molar-refractivity contribution < 1.29 is 0 Å². The van der Waals surface area contributed by atoms with Gasteiger partial charge >= 0.3 is 0 Å². The predicted molar refractivity (Wildman–Crippen MR) is 79.1 cm³/mol. The number of aryl methyl sites for hydroxylation is 2. The summed E-state index contributed by atoms with van der Waals surface area (Å²) in [4.78, 5) is 2.58. The highest BCUT2D eigenvalue weighted by atomic mass is 15.3. The molecule has 1 aliphatic rings. The van der Waals surface area contributed by atoms with E-state index in [0.717, 1.165) is 24.7 Å². The van der Waals surface area contributed by atoms with Crippen LogP contribution in [0.5, 0.6) is 0 Å². The minimum absolute atomic E-state index is 0.593. The van der Waals surface area contributed by atoms with Crippen LogP contribution in [0.3, 0.4) is 0 Å². The van der Waals surface area contributed by atoms with Crippen molar-refractivity contribution in [3.63, 3.8) is 0 Å². The minimum Gasteiger partial charge on any atom is -0.314 e. The second-order valence-corrected chi connectivity index (χ2v) is 6.21. The summed E-state index contributed by atoms with van der Waals surface area (Å²) < 4.78 is 2.02. The second kappa shape index (κ2) is 6.53. The van der Waals surface area contributed by atoms with Gasteiger partial charge < -0.3 is 5.32 Å². The van der Waals surface area contributed by atoms with Crippen molar-refractivity contribution >= 4 is 0 Å². The van der Waals surface area contributed by atoms with Gasteiger partial charge in [-0.1, -0.05) is 13.8 Å². The normalized spacial score (nSPS) is 21.2. The van der Waals surface area contributed by atoms with E-state index in [1.54, 1.807) is 0 Å². The van der Waals surface area contributed by atoms with E-state index in [-0.39, 0.29) is 0 Å². The minimum atomic E-state index is 0.593. The Labute approximate surface area is 117 Å². The number of likely N-dealkylation sites (tertiary alicyclic amines) is 1. The zero-order valence-electron chi connectivity index (χ0n) is 12.8. The molecular weight excluding hydrogens is 236 g/mol. The lowest BCUT2D eigenvalue weighted by Gasteiger charge is -2.33. The lowest BCUT2D eigenvalue weighted by Crippen LogP contribution is -2.40. The third kappa shape index (κ3) is 4.32. The van der Waals surface area contributed by atoms with Crippen molar-refractivity contribution in [2.24, 2.45) is 13.0 Å². The van der Waals surface area contributed by atoms with Crippen molar-refractivity contribution in [3.05, 3.63) is 17.5 Å². The molecule has 1 saturated heterocycles. The molecular formula is C15H28N4. The lowest BCUT2D eigenvalue weighted by atomic mass is 9.97. The van der Waals surface area contributed by atoms with E-state index in [2.05, 4.69) is 42.2 Å². The zero-order chi connectivity index (χ0) is 13.8. The van der Waals surface area contributed by atoms with Crippen LogP contribution >= 0.6 is 0 Å². The molecule has 108 valence electrons. The predicted octanol–water partition coefficient (Wildman–Crippen LogP) is 1.94. The van der Waals surface area contributed by atoms with E-state index in [1.165, 1.54) is 31.6 Å². The molecule has 2 rings (SSSR count). The number of rotatable bonds is 5. The molecule has 2 heterocycles. The largest absolute Gasteiger partial charge is 0.314 e. The Morgan fingerprint density at radius 2 is 2.26 bits per heavy atom. The third-order valence-corrected chi connectivity index (χ3v) is 3.90. The Morgan fingerprint density at radius 3 is 2.89 bits per heavy atom. The zero-order valence-corrected chi connectivity index (χ0v) is 12.8. The van der Waals surface area contributed by atoms with Crippen LogP contribution in [-0.2, 0) is 13.6 Å². The smallest absolute Gasteiger partial charge is 0.0597 e. The molecule has 1 N–H and O–H groups in total. The van der Waals surface area contributed by atoms with Crippen LogP contribution < -0.4 is 5.32 Å². The van der Waals surface area contributed by atoms with Crippen molar-refractivity contribution in [2.75, 3.05) is 19.6 Å². The summed E-state index contributed by atoms with van der Waals surface area (Å²) in [5, 5.41) is 8.00. The van der Waals surface area contributed by atoms with Crippen LogP contribution in [0.2, 0.25) is 0 Å². The molecule has 0 amide bonds. The van der Waals surface area contributed by atoms with E-state index in [1.807, 2.05) is 11.7 Å². The van der Waals surface area contributed by atoms with Gasteiger partial charge in [-0.2, -0.15) is 5.10 Å². The molecule has 4 nitrogen and oxygen atoms in total. The van der Waals surface area contributed by atoms with Gasteiger partial charge in [0.25, 0.3) is 0 Å². The summed E-state index contributed by atoms with van der Waals surface area (Å²) in [6, 6.07) is 2.80. The number of piperidine rings is 1. The maximum absolute atomic E-state index is 4.43. The van der Waals surface area contributed by atoms with Crippen molar-refractivity contribution in [2.45, 2.75) is 46.2 Å². The van der Waals surface area contributed by atoms with Gasteiger partial charge in [0, 0.05) is 26.2 Å². The monoisotopic (exact) mass is 264 g/mol. The summed E-state index contributed by atoms with van der Waals surface area (Å²) in [5.41, 5.74) is 2.45. The average Bonchev–Trinajstić information content (AvgIpc) is 2.66. The maximum atomic E-state index is 4.43. The van der Waals surface area contributed by atoms with Crippen LogP contribution in [0.1, 0.15) is 38.1 Å². The quantitative estimate of drug-likeness (QED) is 0.882. The Balaban J connectivity index is 1.85. The van der Waals surface area contributed by atoms with E-state index < -0.39 is 0 Å². The molecule has 19 heavy (non-hydrogen) atoms. The number of aromatic nitrogens is 2. The van der Waals surface area contributed by atoms with E-state index in [4.69, 9.17) is 0 Å². The van der Waals surface area contributed by atoms with Crippen LogP contribution in [0, 0.1) is 12.8 Å². The molecule has 1 unspecified atom stereocenters. The van der Waals surface area contributed by atoms with Gasteiger partial charge in [-0.25, -0.2) is 0 Å².